The van der Waals surface area contributed by atoms with Crippen LogP contribution in [0.25, 0.3) is 0 Å². The highest BCUT2D eigenvalue weighted by molar-refractivity contribution is 5.97. The van der Waals surface area contributed by atoms with E-state index in [-0.39, 0.29) is 28.6 Å². The zero-order chi connectivity index (χ0) is 23.7. The van der Waals surface area contributed by atoms with Gasteiger partial charge in [0.2, 0.25) is 0 Å². The number of nitrogens with zero attached hydrogens (tertiary/aromatic N) is 6. The van der Waals surface area contributed by atoms with E-state index in [1.54, 1.807) is 23.1 Å². The number of rotatable bonds is 4. The second-order valence-corrected chi connectivity index (χ2v) is 7.25. The van der Waals surface area contributed by atoms with E-state index in [9.17, 15) is 20.6 Å². The van der Waals surface area contributed by atoms with E-state index in [1.807, 2.05) is 60.7 Å². The molecule has 0 spiro atoms. The maximum absolute atomic E-state index is 11.9. The number of nitrogens with one attached hydrogen (secondary N) is 2. The fraction of sp³-hybridized carbons (Fsp3) is 0. The topological polar surface area (TPSA) is 144 Å². The first-order valence-corrected chi connectivity index (χ1v) is 10.1. The van der Waals surface area contributed by atoms with Gasteiger partial charge in [0.1, 0.15) is 17.8 Å². The number of fused-ring (bicyclic) bond motifs is 2. The molecule has 0 atom stereocenters. The molecular weight excluding hydrogens is 432 g/mol. The summed E-state index contributed by atoms with van der Waals surface area (Å²) >= 11 is 0. The summed E-state index contributed by atoms with van der Waals surface area (Å²) in [5.41, 5.74) is 2.24. The van der Waals surface area contributed by atoms with E-state index < -0.39 is 4.92 Å². The van der Waals surface area contributed by atoms with Gasteiger partial charge in [-0.3, -0.25) is 15.0 Å². The Morgan fingerprint density at radius 1 is 0.941 bits per heavy atom. The molecule has 4 aromatic rings. The molecule has 2 heterocycles. The van der Waals surface area contributed by atoms with Crippen LogP contribution in [-0.2, 0) is 0 Å². The average Bonchev–Trinajstić information content (AvgIpc) is 2.87. The summed E-state index contributed by atoms with van der Waals surface area (Å²) in [6, 6.07) is 25.2. The molecular formula is C24H14N8O2. The Bertz CT molecular complexity index is 1510. The normalized spacial score (nSPS) is 11.3. The number of nitro benzene ring substituents is 1. The molecule has 2 N–H and O–H groups in total. The zero-order valence-corrected chi connectivity index (χ0v) is 17.4. The predicted molar refractivity (Wildman–Crippen MR) is 126 cm³/mol. The fourth-order valence-corrected chi connectivity index (χ4v) is 3.69. The van der Waals surface area contributed by atoms with Crippen molar-refractivity contribution in [3.63, 3.8) is 0 Å². The minimum atomic E-state index is -0.471. The van der Waals surface area contributed by atoms with Crippen molar-refractivity contribution < 1.29 is 4.92 Å². The van der Waals surface area contributed by atoms with Crippen molar-refractivity contribution in [1.82, 2.24) is 9.97 Å². The van der Waals surface area contributed by atoms with Crippen molar-refractivity contribution in [3.8, 4) is 12.1 Å². The van der Waals surface area contributed by atoms with Crippen LogP contribution in [0.3, 0.4) is 0 Å². The van der Waals surface area contributed by atoms with Gasteiger partial charge in [-0.05, 0) is 30.3 Å². The number of para-hydroxylation sites is 2. The van der Waals surface area contributed by atoms with Gasteiger partial charge in [-0.25, -0.2) is 9.97 Å². The van der Waals surface area contributed by atoms with Crippen LogP contribution < -0.4 is 15.5 Å². The van der Waals surface area contributed by atoms with Crippen LogP contribution in [0.5, 0.6) is 0 Å². The number of hydrogen-bond donors (Lipinski definition) is 2. The monoisotopic (exact) mass is 446 g/mol. The molecule has 10 heteroatoms. The summed E-state index contributed by atoms with van der Waals surface area (Å²) in [5.74, 6) is 0.513. The van der Waals surface area contributed by atoms with Crippen molar-refractivity contribution in [3.05, 3.63) is 94.3 Å². The molecule has 162 valence electrons. The number of benzene rings is 3. The highest BCUT2D eigenvalue weighted by atomic mass is 16.6. The Kier molecular flexibility index (Phi) is 4.94. The molecule has 0 bridgehead atoms. The highest BCUT2D eigenvalue weighted by Crippen LogP contribution is 2.49. The Morgan fingerprint density at radius 2 is 1.59 bits per heavy atom. The third-order valence-electron chi connectivity index (χ3n) is 5.17. The summed E-state index contributed by atoms with van der Waals surface area (Å²) in [4.78, 5) is 21.8. The van der Waals surface area contributed by atoms with Crippen LogP contribution in [-0.4, -0.2) is 14.9 Å². The summed E-state index contributed by atoms with van der Waals surface area (Å²) in [5, 5.41) is 36.9. The minimum absolute atomic E-state index is 0.114. The van der Waals surface area contributed by atoms with E-state index in [1.165, 1.54) is 6.07 Å². The van der Waals surface area contributed by atoms with Gasteiger partial charge in [-0.1, -0.05) is 36.4 Å². The third-order valence-corrected chi connectivity index (χ3v) is 5.17. The predicted octanol–water partition coefficient (Wildman–Crippen LogP) is 5.40. The number of nitriles is 2. The van der Waals surface area contributed by atoms with Crippen molar-refractivity contribution in [2.45, 2.75) is 0 Å². The SMILES string of the molecule is N#Cc1nc2c(nc1C#N)N(c1ccccc1)c1cc(Nc3ccccc3)c([N+](=O)[O-])cc1N2. The lowest BCUT2D eigenvalue weighted by Gasteiger charge is -2.32. The maximum Gasteiger partial charge on any atom is 0.294 e. The van der Waals surface area contributed by atoms with Crippen LogP contribution in [0.2, 0.25) is 0 Å². The lowest BCUT2D eigenvalue weighted by atomic mass is 10.1. The van der Waals surface area contributed by atoms with Crippen molar-refractivity contribution in [2.24, 2.45) is 0 Å². The highest BCUT2D eigenvalue weighted by Gasteiger charge is 2.31. The number of nitro groups is 1. The van der Waals surface area contributed by atoms with E-state index in [0.717, 1.165) is 0 Å². The van der Waals surface area contributed by atoms with Gasteiger partial charge in [-0.15, -0.1) is 0 Å². The van der Waals surface area contributed by atoms with Gasteiger partial charge in [-0.2, -0.15) is 10.5 Å². The van der Waals surface area contributed by atoms with E-state index in [4.69, 9.17) is 0 Å². The van der Waals surface area contributed by atoms with Crippen molar-refractivity contribution >= 4 is 45.8 Å². The maximum atomic E-state index is 11.9. The lowest BCUT2D eigenvalue weighted by Crippen LogP contribution is -2.21. The van der Waals surface area contributed by atoms with Gasteiger partial charge in [0.25, 0.3) is 5.69 Å². The van der Waals surface area contributed by atoms with E-state index >= 15 is 0 Å². The first-order chi connectivity index (χ1) is 16.6. The standard InChI is InChI=1S/C24H14N8O2/c25-13-19-20(14-26)30-24-23(29-19)28-17-12-22(32(33)34)18(27-15-7-3-1-4-8-15)11-21(17)31(24)16-9-5-2-6-10-16/h1-12,27H,(H,28,29). The first-order valence-electron chi connectivity index (χ1n) is 10.1. The van der Waals surface area contributed by atoms with Crippen LogP contribution in [0.4, 0.5) is 45.8 Å². The lowest BCUT2D eigenvalue weighted by molar-refractivity contribution is -0.383. The van der Waals surface area contributed by atoms with Crippen LogP contribution >= 0.6 is 0 Å². The van der Waals surface area contributed by atoms with Crippen LogP contribution in [0, 0.1) is 32.8 Å². The Balaban J connectivity index is 1.75. The Hall–Kier alpha value is -5.48. The molecule has 10 nitrogen and oxygen atoms in total. The third kappa shape index (κ3) is 3.47. The Labute approximate surface area is 193 Å². The second-order valence-electron chi connectivity index (χ2n) is 7.25. The molecule has 34 heavy (non-hydrogen) atoms. The Morgan fingerprint density at radius 3 is 2.24 bits per heavy atom. The summed E-state index contributed by atoms with van der Waals surface area (Å²) < 4.78 is 0. The molecule has 0 aliphatic carbocycles. The summed E-state index contributed by atoms with van der Waals surface area (Å²) in [7, 11) is 0. The summed E-state index contributed by atoms with van der Waals surface area (Å²) in [6.07, 6.45) is 0. The molecule has 0 radical (unpaired) electrons. The van der Waals surface area contributed by atoms with Crippen molar-refractivity contribution in [1.29, 1.82) is 10.5 Å². The number of aromatic nitrogens is 2. The molecule has 5 rings (SSSR count). The van der Waals surface area contributed by atoms with E-state index in [0.29, 0.717) is 28.6 Å². The number of hydrogen-bond acceptors (Lipinski definition) is 9. The molecule has 1 aliphatic rings. The zero-order valence-electron chi connectivity index (χ0n) is 17.4. The quantitative estimate of drug-likeness (QED) is 0.274. The van der Waals surface area contributed by atoms with Gasteiger partial charge in [0.05, 0.1) is 16.3 Å². The van der Waals surface area contributed by atoms with Gasteiger partial charge >= 0.3 is 0 Å². The van der Waals surface area contributed by atoms with Gasteiger partial charge in [0.15, 0.2) is 23.0 Å². The van der Waals surface area contributed by atoms with Gasteiger partial charge in [0, 0.05) is 17.4 Å². The molecule has 0 saturated heterocycles. The molecule has 1 aliphatic heterocycles. The molecule has 0 fully saturated rings. The average molecular weight is 446 g/mol. The summed E-state index contributed by atoms with van der Waals surface area (Å²) in [6.45, 7) is 0. The minimum Gasteiger partial charge on any atom is -0.350 e. The van der Waals surface area contributed by atoms with E-state index in [2.05, 4.69) is 20.6 Å². The van der Waals surface area contributed by atoms with Crippen LogP contribution in [0.15, 0.2) is 72.8 Å². The van der Waals surface area contributed by atoms with Crippen molar-refractivity contribution in [2.75, 3.05) is 15.5 Å². The first kappa shape index (κ1) is 20.4. The van der Waals surface area contributed by atoms with Gasteiger partial charge < -0.3 is 10.6 Å². The number of anilines is 7. The molecule has 1 aromatic heterocycles. The smallest absolute Gasteiger partial charge is 0.294 e. The van der Waals surface area contributed by atoms with Crippen LogP contribution in [0.1, 0.15) is 11.4 Å². The second kappa shape index (κ2) is 8.22. The molecule has 0 saturated carbocycles. The molecule has 0 unspecified atom stereocenters. The largest absolute Gasteiger partial charge is 0.350 e. The molecule has 3 aromatic carbocycles. The fourth-order valence-electron chi connectivity index (χ4n) is 3.69. The molecule has 0 amide bonds.